The Balaban J connectivity index is 1.40. The zero-order valence-corrected chi connectivity index (χ0v) is 18.5. The molecule has 1 atom stereocenters. The monoisotopic (exact) mass is 510 g/mol. The number of nitrogens with zero attached hydrogens (tertiary/aromatic N) is 3. The number of alkyl halides is 5. The molecule has 0 bridgehead atoms. The zero-order valence-electron chi connectivity index (χ0n) is 18.5. The highest BCUT2D eigenvalue weighted by atomic mass is 19.4. The molecule has 8 nitrogen and oxygen atoms in total. The van der Waals surface area contributed by atoms with E-state index in [-0.39, 0.29) is 43.3 Å². The summed E-state index contributed by atoms with van der Waals surface area (Å²) in [5.41, 5.74) is -0.109. The maximum absolute atomic E-state index is 14.8. The molecule has 1 aliphatic heterocycles. The van der Waals surface area contributed by atoms with Crippen LogP contribution in [0.5, 0.6) is 0 Å². The standard InChI is InChI=1S/C23H19F5N4O4/c24-22(25,16-4-2-1-3-5-16)21(34)32-10-11-35-13-17(32)12-29-19(33)15-8-6-14(7-9-15)18-30-20(36-31-18)23(26,27)28/h1-9,17H,10-13H2,(H,29,33)/t17-/m1/s1. The first kappa shape index (κ1) is 25.2. The second kappa shape index (κ2) is 10.0. The lowest BCUT2D eigenvalue weighted by Crippen LogP contribution is -2.56. The van der Waals surface area contributed by atoms with Crippen LogP contribution >= 0.6 is 0 Å². The van der Waals surface area contributed by atoms with Crippen LogP contribution in [0.25, 0.3) is 11.4 Å². The summed E-state index contributed by atoms with van der Waals surface area (Å²) >= 11 is 0. The molecule has 2 amide bonds. The van der Waals surface area contributed by atoms with Gasteiger partial charge in [-0.25, -0.2) is 0 Å². The van der Waals surface area contributed by atoms with Gasteiger partial charge in [0.2, 0.25) is 5.82 Å². The molecule has 13 heteroatoms. The van der Waals surface area contributed by atoms with E-state index >= 15 is 0 Å². The van der Waals surface area contributed by atoms with Crippen LogP contribution in [0.1, 0.15) is 21.8 Å². The Morgan fingerprint density at radius 1 is 1.03 bits per heavy atom. The second-order valence-electron chi connectivity index (χ2n) is 7.88. The zero-order chi connectivity index (χ0) is 25.9. The maximum Gasteiger partial charge on any atom is 0.471 e. The first-order valence-corrected chi connectivity index (χ1v) is 10.7. The number of morpholine rings is 1. The van der Waals surface area contributed by atoms with E-state index in [2.05, 4.69) is 20.0 Å². The van der Waals surface area contributed by atoms with Crippen molar-refractivity contribution in [2.45, 2.75) is 18.1 Å². The highest BCUT2D eigenvalue weighted by molar-refractivity contribution is 5.94. The first-order valence-electron chi connectivity index (χ1n) is 10.7. The van der Waals surface area contributed by atoms with Gasteiger partial charge in [0.15, 0.2) is 0 Å². The molecule has 0 aliphatic carbocycles. The molecule has 2 aromatic carbocycles. The van der Waals surface area contributed by atoms with Crippen LogP contribution in [0.4, 0.5) is 22.0 Å². The average molecular weight is 510 g/mol. The maximum atomic E-state index is 14.8. The molecule has 1 N–H and O–H groups in total. The minimum absolute atomic E-state index is 0.0464. The van der Waals surface area contributed by atoms with Crippen molar-refractivity contribution in [1.29, 1.82) is 0 Å². The number of hydrogen-bond acceptors (Lipinski definition) is 6. The van der Waals surface area contributed by atoms with Gasteiger partial charge < -0.3 is 19.5 Å². The lowest BCUT2D eigenvalue weighted by molar-refractivity contribution is -0.167. The van der Waals surface area contributed by atoms with Crippen LogP contribution in [-0.2, 0) is 21.6 Å². The summed E-state index contributed by atoms with van der Waals surface area (Å²) in [4.78, 5) is 29.5. The molecule has 1 aromatic heterocycles. The number of nitrogens with one attached hydrogen (secondary N) is 1. The third-order valence-electron chi connectivity index (χ3n) is 5.47. The van der Waals surface area contributed by atoms with Crippen LogP contribution < -0.4 is 5.32 Å². The molecule has 0 saturated carbocycles. The Kier molecular flexibility index (Phi) is 7.02. The number of aromatic nitrogens is 2. The van der Waals surface area contributed by atoms with Crippen LogP contribution in [0.15, 0.2) is 59.1 Å². The first-order chi connectivity index (χ1) is 17.1. The van der Waals surface area contributed by atoms with Crippen molar-refractivity contribution in [3.8, 4) is 11.4 Å². The van der Waals surface area contributed by atoms with Crippen molar-refractivity contribution in [3.05, 3.63) is 71.6 Å². The molecule has 4 rings (SSSR count). The summed E-state index contributed by atoms with van der Waals surface area (Å²) in [6, 6.07) is 11.2. The Morgan fingerprint density at radius 2 is 1.72 bits per heavy atom. The number of halogens is 5. The molecular weight excluding hydrogens is 491 g/mol. The highest BCUT2D eigenvalue weighted by Crippen LogP contribution is 2.32. The quantitative estimate of drug-likeness (QED) is 0.510. The SMILES string of the molecule is O=C(NC[C@@H]1COCCN1C(=O)C(F)(F)c1ccccc1)c1ccc(-c2noc(C(F)(F)F)n2)cc1. The van der Waals surface area contributed by atoms with Gasteiger partial charge in [0.1, 0.15) is 0 Å². The van der Waals surface area contributed by atoms with Gasteiger partial charge in [-0.2, -0.15) is 26.9 Å². The van der Waals surface area contributed by atoms with Crippen molar-refractivity contribution < 1.29 is 40.8 Å². The summed E-state index contributed by atoms with van der Waals surface area (Å²) in [5.74, 6) is -7.52. The third-order valence-corrected chi connectivity index (χ3v) is 5.47. The van der Waals surface area contributed by atoms with Crippen LogP contribution in [0.2, 0.25) is 0 Å². The smallest absolute Gasteiger partial charge is 0.377 e. The van der Waals surface area contributed by atoms with Crippen molar-refractivity contribution in [2.75, 3.05) is 26.3 Å². The van der Waals surface area contributed by atoms with Gasteiger partial charge in [0.05, 0.1) is 19.3 Å². The lowest BCUT2D eigenvalue weighted by Gasteiger charge is -2.37. The Morgan fingerprint density at radius 3 is 2.36 bits per heavy atom. The van der Waals surface area contributed by atoms with E-state index in [0.717, 1.165) is 17.0 Å². The number of hydrogen-bond donors (Lipinski definition) is 1. The molecule has 1 saturated heterocycles. The molecule has 0 unspecified atom stereocenters. The minimum Gasteiger partial charge on any atom is -0.377 e. The molecule has 2 heterocycles. The van der Waals surface area contributed by atoms with E-state index < -0.39 is 41.4 Å². The molecule has 0 spiro atoms. The molecule has 3 aromatic rings. The van der Waals surface area contributed by atoms with Crippen LogP contribution in [0, 0.1) is 0 Å². The molecule has 0 radical (unpaired) electrons. The average Bonchev–Trinajstić information content (AvgIpc) is 3.39. The van der Waals surface area contributed by atoms with E-state index in [1.807, 2.05) is 0 Å². The van der Waals surface area contributed by atoms with E-state index in [1.54, 1.807) is 6.07 Å². The van der Waals surface area contributed by atoms with E-state index in [0.29, 0.717) is 0 Å². The summed E-state index contributed by atoms with van der Waals surface area (Å²) < 4.78 is 77.0. The fourth-order valence-corrected chi connectivity index (χ4v) is 3.58. The summed E-state index contributed by atoms with van der Waals surface area (Å²) in [6.45, 7) is -0.193. The van der Waals surface area contributed by atoms with Gasteiger partial charge >= 0.3 is 18.0 Å². The molecule has 1 fully saturated rings. The summed E-state index contributed by atoms with van der Waals surface area (Å²) in [6.07, 6.45) is -4.78. The minimum atomic E-state index is -4.78. The van der Waals surface area contributed by atoms with E-state index in [4.69, 9.17) is 4.74 Å². The summed E-state index contributed by atoms with van der Waals surface area (Å²) in [7, 11) is 0. The molecule has 190 valence electrons. The van der Waals surface area contributed by atoms with Crippen molar-refractivity contribution >= 4 is 11.8 Å². The molecule has 1 aliphatic rings. The summed E-state index contributed by atoms with van der Waals surface area (Å²) in [5, 5.41) is 5.84. The highest BCUT2D eigenvalue weighted by Gasteiger charge is 2.46. The second-order valence-corrected chi connectivity index (χ2v) is 7.88. The van der Waals surface area contributed by atoms with Crippen LogP contribution in [0.3, 0.4) is 0 Å². The lowest BCUT2D eigenvalue weighted by atomic mass is 10.1. The Bertz CT molecular complexity index is 1220. The van der Waals surface area contributed by atoms with Gasteiger partial charge in [0, 0.05) is 29.8 Å². The Hall–Kier alpha value is -3.87. The fraction of sp³-hybridized carbons (Fsp3) is 0.304. The third kappa shape index (κ3) is 5.35. The van der Waals surface area contributed by atoms with Gasteiger partial charge in [-0.15, -0.1) is 0 Å². The molecule has 36 heavy (non-hydrogen) atoms. The normalized spacial score (nSPS) is 16.6. The van der Waals surface area contributed by atoms with Gasteiger partial charge in [-0.3, -0.25) is 9.59 Å². The fourth-order valence-electron chi connectivity index (χ4n) is 3.58. The van der Waals surface area contributed by atoms with Crippen LogP contribution in [-0.4, -0.2) is 59.2 Å². The van der Waals surface area contributed by atoms with Gasteiger partial charge in [-0.05, 0) is 12.1 Å². The van der Waals surface area contributed by atoms with Crippen molar-refractivity contribution in [3.63, 3.8) is 0 Å². The molecular formula is C23H19F5N4O4. The number of benzene rings is 2. The number of ether oxygens (including phenoxy) is 1. The predicted molar refractivity (Wildman–Crippen MR) is 114 cm³/mol. The topological polar surface area (TPSA) is 97.6 Å². The van der Waals surface area contributed by atoms with Crippen molar-refractivity contribution in [1.82, 2.24) is 20.4 Å². The largest absolute Gasteiger partial charge is 0.471 e. The Labute approximate surface area is 201 Å². The number of rotatable bonds is 6. The number of carbonyl (C=O) groups excluding carboxylic acids is 2. The van der Waals surface area contributed by atoms with Gasteiger partial charge in [0.25, 0.3) is 11.8 Å². The van der Waals surface area contributed by atoms with E-state index in [9.17, 15) is 31.5 Å². The van der Waals surface area contributed by atoms with E-state index in [1.165, 1.54) is 36.4 Å². The number of carbonyl (C=O) groups is 2. The predicted octanol–water partition coefficient (Wildman–Crippen LogP) is 3.50. The van der Waals surface area contributed by atoms with Crippen molar-refractivity contribution in [2.24, 2.45) is 0 Å². The number of amides is 2. The van der Waals surface area contributed by atoms with Gasteiger partial charge in [-0.1, -0.05) is 47.6 Å².